The first kappa shape index (κ1) is 19.3. The van der Waals surface area contributed by atoms with E-state index in [4.69, 9.17) is 4.74 Å². The molecule has 0 aromatic carbocycles. The highest BCUT2D eigenvalue weighted by Gasteiger charge is 2.40. The lowest BCUT2D eigenvalue weighted by atomic mass is 9.66. The van der Waals surface area contributed by atoms with Gasteiger partial charge in [-0.25, -0.2) is 0 Å². The van der Waals surface area contributed by atoms with Crippen molar-refractivity contribution < 1.29 is 9.53 Å². The number of rotatable bonds is 5. The largest absolute Gasteiger partial charge is 0.461 e. The number of carbonyl (C=O) groups excluding carboxylic acids is 1. The van der Waals surface area contributed by atoms with E-state index < -0.39 is 0 Å². The van der Waals surface area contributed by atoms with Crippen LogP contribution in [-0.2, 0) is 9.53 Å². The second kappa shape index (κ2) is 7.89. The van der Waals surface area contributed by atoms with E-state index in [1.807, 2.05) is 6.92 Å². The molecular formula is C22H36O2. The smallest absolute Gasteiger partial charge is 0.308 e. The Bertz CT molecular complexity index is 495. The first-order chi connectivity index (χ1) is 11.2. The van der Waals surface area contributed by atoms with Crippen molar-refractivity contribution in [3.8, 4) is 0 Å². The minimum Gasteiger partial charge on any atom is -0.461 e. The summed E-state index contributed by atoms with van der Waals surface area (Å²) in [6, 6.07) is 0. The second-order valence-electron chi connectivity index (χ2n) is 9.07. The fourth-order valence-corrected chi connectivity index (χ4v) is 3.99. The number of hydrogen-bond donors (Lipinski definition) is 0. The molecule has 0 unspecified atom stereocenters. The van der Waals surface area contributed by atoms with Gasteiger partial charge in [-0.05, 0) is 54.9 Å². The van der Waals surface area contributed by atoms with Crippen LogP contribution in [0.2, 0.25) is 0 Å². The Morgan fingerprint density at radius 2 is 2.08 bits per heavy atom. The first-order valence-corrected chi connectivity index (χ1v) is 9.81. The molecule has 0 heterocycles. The van der Waals surface area contributed by atoms with Gasteiger partial charge in [-0.15, -0.1) is 0 Å². The van der Waals surface area contributed by atoms with Gasteiger partial charge in [0, 0.05) is 5.92 Å². The van der Waals surface area contributed by atoms with E-state index in [2.05, 4.69) is 52.8 Å². The van der Waals surface area contributed by atoms with Gasteiger partial charge in [0.25, 0.3) is 0 Å². The zero-order chi connectivity index (χ0) is 17.9. The Hall–Kier alpha value is -1.05. The molecule has 0 aromatic rings. The monoisotopic (exact) mass is 332 g/mol. The van der Waals surface area contributed by atoms with Crippen molar-refractivity contribution in [3.05, 3.63) is 23.8 Å². The third kappa shape index (κ3) is 4.74. The molecule has 0 saturated heterocycles. The maximum Gasteiger partial charge on any atom is 0.308 e. The van der Waals surface area contributed by atoms with Crippen molar-refractivity contribution in [1.29, 1.82) is 0 Å². The summed E-state index contributed by atoms with van der Waals surface area (Å²) in [5, 5.41) is 0. The zero-order valence-electron chi connectivity index (χ0n) is 16.5. The Kier molecular flexibility index (Phi) is 6.33. The predicted molar refractivity (Wildman–Crippen MR) is 101 cm³/mol. The van der Waals surface area contributed by atoms with Crippen LogP contribution in [0.5, 0.6) is 0 Å². The van der Waals surface area contributed by atoms with Crippen LogP contribution < -0.4 is 0 Å². The lowest BCUT2D eigenvalue weighted by Crippen LogP contribution is -2.40. The maximum absolute atomic E-state index is 12.4. The van der Waals surface area contributed by atoms with Gasteiger partial charge in [-0.2, -0.15) is 0 Å². The van der Waals surface area contributed by atoms with E-state index in [0.29, 0.717) is 23.2 Å². The fourth-order valence-electron chi connectivity index (χ4n) is 3.99. The highest BCUT2D eigenvalue weighted by Crippen LogP contribution is 2.44. The predicted octanol–water partition coefficient (Wildman–Crippen LogP) is 5.93. The summed E-state index contributed by atoms with van der Waals surface area (Å²) < 4.78 is 6.01. The molecule has 2 heteroatoms. The summed E-state index contributed by atoms with van der Waals surface area (Å²) in [7, 11) is 0. The summed E-state index contributed by atoms with van der Waals surface area (Å²) in [4.78, 5) is 12.4. The van der Waals surface area contributed by atoms with Crippen molar-refractivity contribution in [3.63, 3.8) is 0 Å². The number of ether oxygens (including phenoxy) is 1. The average molecular weight is 333 g/mol. The molecule has 136 valence electrons. The van der Waals surface area contributed by atoms with E-state index in [1.54, 1.807) is 0 Å². The third-order valence-electron chi connectivity index (χ3n) is 5.86. The Morgan fingerprint density at radius 3 is 2.71 bits per heavy atom. The van der Waals surface area contributed by atoms with E-state index >= 15 is 0 Å². The summed E-state index contributed by atoms with van der Waals surface area (Å²) >= 11 is 0. The molecule has 2 aliphatic rings. The van der Waals surface area contributed by atoms with Gasteiger partial charge in [-0.1, -0.05) is 59.8 Å². The lowest BCUT2D eigenvalue weighted by Gasteiger charge is -2.42. The van der Waals surface area contributed by atoms with Crippen LogP contribution in [0.3, 0.4) is 0 Å². The minimum atomic E-state index is -0.0134. The molecule has 0 spiro atoms. The number of fused-ring (bicyclic) bond motifs is 1. The van der Waals surface area contributed by atoms with Gasteiger partial charge in [0.2, 0.25) is 0 Å². The van der Waals surface area contributed by atoms with Crippen molar-refractivity contribution in [1.82, 2.24) is 0 Å². The highest BCUT2D eigenvalue weighted by molar-refractivity contribution is 5.72. The van der Waals surface area contributed by atoms with Gasteiger partial charge in [0.05, 0.1) is 5.92 Å². The van der Waals surface area contributed by atoms with E-state index in [9.17, 15) is 4.79 Å². The summed E-state index contributed by atoms with van der Waals surface area (Å²) in [5.41, 5.74) is 1.75. The quantitative estimate of drug-likeness (QED) is 0.583. The first-order valence-electron chi connectivity index (χ1n) is 9.81. The minimum absolute atomic E-state index is 0.00365. The molecule has 0 N–H and O–H groups in total. The molecule has 24 heavy (non-hydrogen) atoms. The van der Waals surface area contributed by atoms with E-state index in [-0.39, 0.29) is 18.0 Å². The second-order valence-corrected chi connectivity index (χ2v) is 9.07. The number of esters is 1. The van der Waals surface area contributed by atoms with Crippen molar-refractivity contribution in [2.75, 3.05) is 0 Å². The van der Waals surface area contributed by atoms with Crippen LogP contribution in [0.25, 0.3) is 0 Å². The molecule has 2 nitrogen and oxygen atoms in total. The van der Waals surface area contributed by atoms with Crippen LogP contribution in [0.4, 0.5) is 0 Å². The number of hydrogen-bond acceptors (Lipinski definition) is 2. The van der Waals surface area contributed by atoms with Gasteiger partial charge < -0.3 is 4.74 Å². The summed E-state index contributed by atoms with van der Waals surface area (Å²) in [5.74, 6) is 1.51. The molecular weight excluding hydrogens is 296 g/mol. The SMILES string of the molecule is CC[C@H](C)C(=O)O[C@H]1CCC=C2C=C[C@H](C)[C@H](CCC(C)(C)C)[C@H]21. The molecule has 0 aromatic heterocycles. The van der Waals surface area contributed by atoms with Gasteiger partial charge in [-0.3, -0.25) is 4.79 Å². The number of allylic oxidation sites excluding steroid dienone is 3. The van der Waals surface area contributed by atoms with Crippen LogP contribution in [0, 0.1) is 29.1 Å². The Labute approximate surface area is 148 Å². The molecule has 0 bridgehead atoms. The molecule has 5 atom stereocenters. The van der Waals surface area contributed by atoms with Gasteiger partial charge >= 0.3 is 5.97 Å². The van der Waals surface area contributed by atoms with Crippen LogP contribution in [-0.4, -0.2) is 12.1 Å². The molecule has 0 fully saturated rings. The van der Waals surface area contributed by atoms with Gasteiger partial charge in [0.1, 0.15) is 6.10 Å². The molecule has 0 aliphatic heterocycles. The maximum atomic E-state index is 12.4. The van der Waals surface area contributed by atoms with E-state index in [0.717, 1.165) is 19.3 Å². The van der Waals surface area contributed by atoms with Crippen molar-refractivity contribution in [2.45, 2.75) is 79.8 Å². The fraction of sp³-hybridized carbons (Fsp3) is 0.773. The zero-order valence-corrected chi connectivity index (χ0v) is 16.5. The third-order valence-corrected chi connectivity index (χ3v) is 5.86. The molecule has 0 amide bonds. The lowest BCUT2D eigenvalue weighted by molar-refractivity contribution is -0.157. The molecule has 2 aliphatic carbocycles. The van der Waals surface area contributed by atoms with Crippen molar-refractivity contribution >= 4 is 5.97 Å². The topological polar surface area (TPSA) is 26.3 Å². The highest BCUT2D eigenvalue weighted by atomic mass is 16.5. The van der Waals surface area contributed by atoms with Crippen molar-refractivity contribution in [2.24, 2.45) is 29.1 Å². The standard InChI is InChI=1S/C22H36O2/c1-7-15(2)21(23)24-19-10-8-9-17-12-11-16(3)18(20(17)19)13-14-22(4,5)6/h9,11-12,15-16,18-20H,7-8,10,13-14H2,1-6H3/t15-,16-,18-,19-,20-/m0/s1. The van der Waals surface area contributed by atoms with Crippen LogP contribution in [0.15, 0.2) is 23.8 Å². The van der Waals surface area contributed by atoms with Crippen LogP contribution in [0.1, 0.15) is 73.6 Å². The normalized spacial score (nSPS) is 31.2. The summed E-state index contributed by atoms with van der Waals surface area (Å²) in [6.07, 6.45) is 12.3. The van der Waals surface area contributed by atoms with Crippen LogP contribution >= 0.6 is 0 Å². The summed E-state index contributed by atoms with van der Waals surface area (Å²) in [6.45, 7) is 13.3. The molecule has 2 rings (SSSR count). The number of carbonyl (C=O) groups is 1. The Balaban J connectivity index is 2.17. The average Bonchev–Trinajstić information content (AvgIpc) is 2.52. The Morgan fingerprint density at radius 1 is 1.38 bits per heavy atom. The molecule has 0 radical (unpaired) electrons. The van der Waals surface area contributed by atoms with Gasteiger partial charge in [0.15, 0.2) is 0 Å². The molecule has 0 saturated carbocycles. The van der Waals surface area contributed by atoms with E-state index in [1.165, 1.54) is 18.4 Å².